The first-order chi connectivity index (χ1) is 29.7. The highest BCUT2D eigenvalue weighted by Gasteiger charge is 2.56. The summed E-state index contributed by atoms with van der Waals surface area (Å²) in [5.74, 6) is 0.781. The van der Waals surface area contributed by atoms with Crippen LogP contribution in [0.15, 0.2) is 94.7 Å². The van der Waals surface area contributed by atoms with Gasteiger partial charge in [0, 0.05) is 74.8 Å². The topological polar surface area (TPSA) is 34.2 Å². The molecule has 5 aromatic carbocycles. The van der Waals surface area contributed by atoms with Gasteiger partial charge in [0.2, 0.25) is 0 Å². The molecule has 5 aromatic rings. The van der Waals surface area contributed by atoms with Gasteiger partial charge in [0.25, 0.3) is 0 Å². The third-order valence-corrected chi connectivity index (χ3v) is 15.7. The SMILES string of the molecule is CSc1cc2c3c(c4c(c2cc1SC)-c1ccc(C(F)(F)F)cc1C41CC(C)(C)CC(C)(C)C1)C=CC(c1ccc(N2CCOCC2)cc1)(c1ccc(N2CCOCC2)cc1)O3. The zero-order valence-corrected chi connectivity index (χ0v) is 38.1. The first-order valence-corrected chi connectivity index (χ1v) is 24.3. The molecule has 3 fully saturated rings. The Morgan fingerprint density at radius 2 is 1.15 bits per heavy atom. The second-order valence-corrected chi connectivity index (χ2v) is 21.1. The van der Waals surface area contributed by atoms with Gasteiger partial charge in [0.05, 0.1) is 32.0 Å². The molecule has 0 radical (unpaired) electrons. The number of morpholine rings is 2. The van der Waals surface area contributed by atoms with Gasteiger partial charge in [0.1, 0.15) is 5.75 Å². The van der Waals surface area contributed by atoms with E-state index in [1.807, 2.05) is 0 Å². The molecule has 0 bridgehead atoms. The van der Waals surface area contributed by atoms with Gasteiger partial charge in [-0.15, -0.1) is 23.5 Å². The molecule has 10 heteroatoms. The van der Waals surface area contributed by atoms with Crippen LogP contribution in [-0.4, -0.2) is 65.1 Å². The Labute approximate surface area is 372 Å². The van der Waals surface area contributed by atoms with Crippen molar-refractivity contribution >= 4 is 51.7 Å². The number of anilines is 2. The third kappa shape index (κ3) is 6.93. The summed E-state index contributed by atoms with van der Waals surface area (Å²) < 4.78 is 63.5. The molecular formula is C52H55F3N2O3S2. The Bertz CT molecular complexity index is 2500. The van der Waals surface area contributed by atoms with Crippen LogP contribution in [0.25, 0.3) is 28.0 Å². The van der Waals surface area contributed by atoms with Crippen LogP contribution >= 0.6 is 23.5 Å². The van der Waals surface area contributed by atoms with Gasteiger partial charge in [-0.3, -0.25) is 0 Å². The van der Waals surface area contributed by atoms with E-state index >= 15 is 0 Å². The maximum atomic E-state index is 14.8. The van der Waals surface area contributed by atoms with E-state index in [-0.39, 0.29) is 10.8 Å². The van der Waals surface area contributed by atoms with E-state index in [1.165, 1.54) is 12.1 Å². The molecule has 0 aromatic heterocycles. The summed E-state index contributed by atoms with van der Waals surface area (Å²) in [7, 11) is 0. The number of thioether (sulfide) groups is 2. The number of ether oxygens (including phenoxy) is 3. The summed E-state index contributed by atoms with van der Waals surface area (Å²) in [5, 5.41) is 2.00. The summed E-state index contributed by atoms with van der Waals surface area (Å²) >= 11 is 3.41. The minimum absolute atomic E-state index is 0.142. The summed E-state index contributed by atoms with van der Waals surface area (Å²) in [4.78, 5) is 7.01. The largest absolute Gasteiger partial charge is 0.472 e. The van der Waals surface area contributed by atoms with Gasteiger partial charge >= 0.3 is 6.18 Å². The van der Waals surface area contributed by atoms with Gasteiger partial charge in [-0.1, -0.05) is 64.1 Å². The first-order valence-electron chi connectivity index (χ1n) is 21.9. The lowest BCUT2D eigenvalue weighted by molar-refractivity contribution is -0.137. The smallest absolute Gasteiger partial charge is 0.416 e. The van der Waals surface area contributed by atoms with Crippen molar-refractivity contribution < 1.29 is 27.4 Å². The van der Waals surface area contributed by atoms with Crippen LogP contribution in [0, 0.1) is 10.8 Å². The van der Waals surface area contributed by atoms with Gasteiger partial charge in [-0.2, -0.15) is 13.2 Å². The number of halogens is 3. The zero-order chi connectivity index (χ0) is 43.2. The van der Waals surface area contributed by atoms with Crippen LogP contribution in [0.5, 0.6) is 5.75 Å². The Morgan fingerprint density at radius 3 is 1.65 bits per heavy atom. The van der Waals surface area contributed by atoms with Crippen molar-refractivity contribution in [2.45, 2.75) is 73.9 Å². The minimum Gasteiger partial charge on any atom is -0.472 e. The number of nitrogens with zero attached hydrogens (tertiary/aromatic N) is 2. The molecule has 0 atom stereocenters. The molecule has 2 aliphatic carbocycles. The predicted octanol–water partition coefficient (Wildman–Crippen LogP) is 12.8. The van der Waals surface area contributed by atoms with Crippen LogP contribution < -0.4 is 14.5 Å². The Hall–Kier alpha value is -4.09. The van der Waals surface area contributed by atoms with E-state index in [0.717, 1.165) is 122 Å². The van der Waals surface area contributed by atoms with Crippen LogP contribution in [0.1, 0.15) is 80.3 Å². The Balaban J connectivity index is 1.24. The van der Waals surface area contributed by atoms with Crippen molar-refractivity contribution in [3.05, 3.63) is 118 Å². The molecule has 5 nitrogen and oxygen atoms in total. The molecule has 2 saturated heterocycles. The van der Waals surface area contributed by atoms with Crippen LogP contribution in [0.3, 0.4) is 0 Å². The van der Waals surface area contributed by atoms with Crippen molar-refractivity contribution in [1.82, 2.24) is 0 Å². The van der Waals surface area contributed by atoms with Crippen molar-refractivity contribution in [2.75, 3.05) is 74.9 Å². The number of alkyl halides is 3. The standard InChI is InChI=1S/C52H55F3N2O3S2/c1-48(2)30-49(3,4)32-50(31-48)42-27-35(52(53,54)55)11-16-38(42)45-40-28-43(61-5)44(62-6)29-41(40)47-39(46(45)50)17-18-51(60-47,33-7-12-36(13-8-33)56-19-23-58-24-20-56)34-9-14-37(15-10-34)57-21-25-59-26-22-57/h7-18,27-29H,19-26,30-32H2,1-6H3. The monoisotopic (exact) mass is 876 g/mol. The van der Waals surface area contributed by atoms with E-state index < -0.39 is 22.8 Å². The summed E-state index contributed by atoms with van der Waals surface area (Å²) in [6, 6.07) is 26.7. The molecule has 1 spiro atoms. The van der Waals surface area contributed by atoms with E-state index in [4.69, 9.17) is 14.2 Å². The minimum atomic E-state index is -4.47. The molecule has 3 aliphatic heterocycles. The number of fused-ring (bicyclic) bond motifs is 10. The molecule has 0 unspecified atom stereocenters. The fourth-order valence-electron chi connectivity index (χ4n) is 12.2. The van der Waals surface area contributed by atoms with Gasteiger partial charge in [-0.25, -0.2) is 0 Å². The van der Waals surface area contributed by atoms with E-state index in [9.17, 15) is 13.2 Å². The zero-order valence-electron chi connectivity index (χ0n) is 36.5. The number of hydrogen-bond acceptors (Lipinski definition) is 7. The predicted molar refractivity (Wildman–Crippen MR) is 250 cm³/mol. The summed E-state index contributed by atoms with van der Waals surface area (Å²) in [5.41, 5.74) is 6.55. The lowest BCUT2D eigenvalue weighted by atomic mass is 9.52. The molecular weight excluding hydrogens is 822 g/mol. The lowest BCUT2D eigenvalue weighted by Gasteiger charge is -2.52. The van der Waals surface area contributed by atoms with Crippen molar-refractivity contribution in [3.8, 4) is 16.9 Å². The second kappa shape index (κ2) is 15.3. The molecule has 62 heavy (non-hydrogen) atoms. The highest BCUT2D eigenvalue weighted by Crippen LogP contribution is 2.67. The lowest BCUT2D eigenvalue weighted by Crippen LogP contribution is -2.44. The molecule has 10 rings (SSSR count). The first kappa shape index (κ1) is 41.9. The average molecular weight is 877 g/mol. The second-order valence-electron chi connectivity index (χ2n) is 19.4. The normalized spacial score (nSPS) is 20.8. The fourth-order valence-corrected chi connectivity index (χ4v) is 13.6. The van der Waals surface area contributed by atoms with E-state index in [2.05, 4.69) is 123 Å². The highest BCUT2D eigenvalue weighted by molar-refractivity contribution is 8.01. The van der Waals surface area contributed by atoms with Gasteiger partial charge in [-0.05, 0) is 125 Å². The Kier molecular flexibility index (Phi) is 10.3. The molecule has 3 heterocycles. The summed E-state index contributed by atoms with van der Waals surface area (Å²) in [6.07, 6.45) is 6.65. The van der Waals surface area contributed by atoms with Crippen molar-refractivity contribution in [2.24, 2.45) is 10.8 Å². The average Bonchev–Trinajstić information content (AvgIpc) is 3.52. The van der Waals surface area contributed by atoms with Gasteiger partial charge < -0.3 is 24.0 Å². The van der Waals surface area contributed by atoms with Crippen molar-refractivity contribution in [3.63, 3.8) is 0 Å². The van der Waals surface area contributed by atoms with Crippen molar-refractivity contribution in [1.29, 1.82) is 0 Å². The van der Waals surface area contributed by atoms with Crippen LogP contribution in [0.2, 0.25) is 0 Å². The molecule has 0 N–H and O–H groups in total. The van der Waals surface area contributed by atoms with Crippen LogP contribution in [0.4, 0.5) is 24.5 Å². The number of rotatable bonds is 6. The number of hydrogen-bond donors (Lipinski definition) is 0. The molecule has 1 saturated carbocycles. The third-order valence-electron chi connectivity index (χ3n) is 14.0. The molecule has 324 valence electrons. The quantitative estimate of drug-likeness (QED) is 0.157. The fraction of sp³-hybridized carbons (Fsp3) is 0.423. The number of benzene rings is 5. The Morgan fingerprint density at radius 1 is 0.629 bits per heavy atom. The maximum absolute atomic E-state index is 14.8. The van der Waals surface area contributed by atoms with E-state index in [0.29, 0.717) is 26.4 Å². The molecule has 5 aliphatic rings. The van der Waals surface area contributed by atoms with Crippen LogP contribution in [-0.2, 0) is 26.7 Å². The highest BCUT2D eigenvalue weighted by atomic mass is 32.2. The maximum Gasteiger partial charge on any atom is 0.416 e. The summed E-state index contributed by atoms with van der Waals surface area (Å²) in [6.45, 7) is 15.4. The van der Waals surface area contributed by atoms with Gasteiger partial charge in [0.15, 0.2) is 5.60 Å². The van der Waals surface area contributed by atoms with E-state index in [1.54, 1.807) is 29.6 Å². The molecule has 0 amide bonds.